The summed E-state index contributed by atoms with van der Waals surface area (Å²) in [5.74, 6) is -0.716. The Balaban J connectivity index is 1.61. The zero-order valence-corrected chi connectivity index (χ0v) is 15.2. The van der Waals surface area contributed by atoms with Crippen molar-refractivity contribution in [1.29, 1.82) is 0 Å². The van der Waals surface area contributed by atoms with Gasteiger partial charge in [0.25, 0.3) is 10.9 Å². The fraction of sp³-hybridized carbons (Fsp3) is 0.118. The summed E-state index contributed by atoms with van der Waals surface area (Å²) in [7, 11) is 0. The molecule has 29 heavy (non-hydrogen) atoms. The molecule has 0 aliphatic carbocycles. The molecule has 0 fully saturated rings. The SMILES string of the molecule is O=C(CSc1nnc(-c2cccc([N+](=O)[O-])c2)o1)Nc1cccc(C(F)(F)F)c1. The van der Waals surface area contributed by atoms with Crippen LogP contribution in [0.3, 0.4) is 0 Å². The predicted octanol–water partition coefficient (Wildman–Crippen LogP) is 4.39. The van der Waals surface area contributed by atoms with Gasteiger partial charge in [-0.15, -0.1) is 10.2 Å². The number of hydrogen-bond acceptors (Lipinski definition) is 7. The van der Waals surface area contributed by atoms with E-state index in [1.54, 1.807) is 6.07 Å². The molecular formula is C17H11F3N4O4S. The molecule has 0 atom stereocenters. The van der Waals surface area contributed by atoms with Crippen molar-refractivity contribution in [3.8, 4) is 11.5 Å². The van der Waals surface area contributed by atoms with Crippen LogP contribution >= 0.6 is 11.8 Å². The quantitative estimate of drug-likeness (QED) is 0.355. The van der Waals surface area contributed by atoms with Gasteiger partial charge in [0.15, 0.2) is 0 Å². The number of nitrogens with zero attached hydrogens (tertiary/aromatic N) is 3. The Morgan fingerprint density at radius 2 is 1.93 bits per heavy atom. The molecule has 150 valence electrons. The molecule has 0 unspecified atom stereocenters. The topological polar surface area (TPSA) is 111 Å². The van der Waals surface area contributed by atoms with Gasteiger partial charge in [-0.3, -0.25) is 14.9 Å². The lowest BCUT2D eigenvalue weighted by molar-refractivity contribution is -0.384. The van der Waals surface area contributed by atoms with Crippen molar-refractivity contribution in [3.05, 3.63) is 64.2 Å². The van der Waals surface area contributed by atoms with Gasteiger partial charge in [0, 0.05) is 23.4 Å². The zero-order valence-electron chi connectivity index (χ0n) is 14.3. The van der Waals surface area contributed by atoms with Crippen molar-refractivity contribution in [2.45, 2.75) is 11.4 Å². The van der Waals surface area contributed by atoms with E-state index < -0.39 is 22.6 Å². The van der Waals surface area contributed by atoms with Crippen molar-refractivity contribution in [1.82, 2.24) is 10.2 Å². The number of nitrogens with one attached hydrogen (secondary N) is 1. The van der Waals surface area contributed by atoms with Crippen molar-refractivity contribution in [3.63, 3.8) is 0 Å². The molecular weight excluding hydrogens is 413 g/mol. The number of benzene rings is 2. The van der Waals surface area contributed by atoms with Crippen molar-refractivity contribution < 1.29 is 27.3 Å². The average Bonchev–Trinajstić information content (AvgIpc) is 3.15. The number of alkyl halides is 3. The van der Waals surface area contributed by atoms with E-state index in [4.69, 9.17) is 4.42 Å². The normalized spacial score (nSPS) is 11.3. The van der Waals surface area contributed by atoms with Crippen LogP contribution in [-0.2, 0) is 11.0 Å². The van der Waals surface area contributed by atoms with Gasteiger partial charge < -0.3 is 9.73 Å². The summed E-state index contributed by atoms with van der Waals surface area (Å²) in [5.41, 5.74) is -0.669. The molecule has 1 amide bonds. The molecule has 0 saturated carbocycles. The van der Waals surface area contributed by atoms with Crippen LogP contribution in [0.1, 0.15) is 5.56 Å². The number of rotatable bonds is 6. The fourth-order valence-electron chi connectivity index (χ4n) is 2.23. The van der Waals surface area contributed by atoms with Gasteiger partial charge >= 0.3 is 6.18 Å². The molecule has 1 aromatic heterocycles. The van der Waals surface area contributed by atoms with Gasteiger partial charge in [0.05, 0.1) is 16.2 Å². The number of carbonyl (C=O) groups excluding carboxylic acids is 1. The minimum atomic E-state index is -4.51. The standard InChI is InChI=1S/C17H11F3N4O4S/c18-17(19,20)11-4-2-5-12(8-11)21-14(25)9-29-16-23-22-15(28-16)10-3-1-6-13(7-10)24(26)27/h1-8H,9H2,(H,21,25). The molecule has 3 aromatic rings. The third-order valence-electron chi connectivity index (χ3n) is 3.51. The van der Waals surface area contributed by atoms with E-state index in [0.29, 0.717) is 5.56 Å². The molecule has 0 aliphatic rings. The Bertz CT molecular complexity index is 1050. The number of hydrogen-bond donors (Lipinski definition) is 1. The summed E-state index contributed by atoms with van der Waals surface area (Å²) < 4.78 is 43.5. The average molecular weight is 424 g/mol. The predicted molar refractivity (Wildman–Crippen MR) is 97.2 cm³/mol. The van der Waals surface area contributed by atoms with Gasteiger partial charge in [-0.1, -0.05) is 23.9 Å². The lowest BCUT2D eigenvalue weighted by atomic mass is 10.2. The number of thioether (sulfide) groups is 1. The Kier molecular flexibility index (Phi) is 5.82. The van der Waals surface area contributed by atoms with Gasteiger partial charge in [0.2, 0.25) is 11.8 Å². The van der Waals surface area contributed by atoms with Gasteiger partial charge in [-0.05, 0) is 24.3 Å². The molecule has 1 N–H and O–H groups in total. The van der Waals surface area contributed by atoms with E-state index in [2.05, 4.69) is 15.5 Å². The van der Waals surface area contributed by atoms with Crippen molar-refractivity contribution >= 4 is 29.0 Å². The summed E-state index contributed by atoms with van der Waals surface area (Å²) in [6.07, 6.45) is -4.51. The second-order valence-electron chi connectivity index (χ2n) is 5.60. The van der Waals surface area contributed by atoms with Crippen LogP contribution in [0.2, 0.25) is 0 Å². The Hall–Kier alpha value is -3.41. The Morgan fingerprint density at radius 1 is 1.17 bits per heavy atom. The van der Waals surface area contributed by atoms with E-state index in [0.717, 1.165) is 23.9 Å². The van der Waals surface area contributed by atoms with Crippen LogP contribution < -0.4 is 5.32 Å². The summed E-state index contributed by atoms with van der Waals surface area (Å²) in [6.45, 7) is 0. The second-order valence-corrected chi connectivity index (χ2v) is 6.52. The Morgan fingerprint density at radius 3 is 2.66 bits per heavy atom. The molecule has 0 aliphatic heterocycles. The number of nitro groups is 1. The first-order chi connectivity index (χ1) is 13.7. The van der Waals surface area contributed by atoms with Crippen LogP contribution in [0, 0.1) is 10.1 Å². The van der Waals surface area contributed by atoms with E-state index in [9.17, 15) is 28.1 Å². The minimum Gasteiger partial charge on any atom is -0.411 e. The second kappa shape index (κ2) is 8.31. The first-order valence-corrected chi connectivity index (χ1v) is 8.89. The highest BCUT2D eigenvalue weighted by Crippen LogP contribution is 2.31. The monoisotopic (exact) mass is 424 g/mol. The van der Waals surface area contributed by atoms with Crippen LogP contribution in [-0.4, -0.2) is 26.8 Å². The number of nitro benzene ring substituents is 1. The maximum atomic E-state index is 12.7. The lowest BCUT2D eigenvalue weighted by Gasteiger charge is -2.09. The molecule has 0 bridgehead atoms. The first kappa shape index (κ1) is 20.3. The fourth-order valence-corrected chi connectivity index (χ4v) is 2.80. The highest BCUT2D eigenvalue weighted by molar-refractivity contribution is 7.99. The van der Waals surface area contributed by atoms with Crippen molar-refractivity contribution in [2.75, 3.05) is 11.1 Å². The number of carbonyl (C=O) groups is 1. The van der Waals surface area contributed by atoms with E-state index >= 15 is 0 Å². The molecule has 0 saturated heterocycles. The number of non-ortho nitro benzene ring substituents is 1. The smallest absolute Gasteiger partial charge is 0.411 e. The molecule has 8 nitrogen and oxygen atoms in total. The third kappa shape index (κ3) is 5.31. The minimum absolute atomic E-state index is 0.00763. The molecule has 12 heteroatoms. The van der Waals surface area contributed by atoms with Gasteiger partial charge in [0.1, 0.15) is 0 Å². The maximum Gasteiger partial charge on any atom is 0.416 e. The lowest BCUT2D eigenvalue weighted by Crippen LogP contribution is -2.15. The third-order valence-corrected chi connectivity index (χ3v) is 4.33. The Labute approximate surface area is 165 Å². The highest BCUT2D eigenvalue weighted by atomic mass is 32.2. The zero-order chi connectivity index (χ0) is 21.0. The number of aromatic nitrogens is 2. The molecule has 0 spiro atoms. The number of halogens is 3. The summed E-state index contributed by atoms with van der Waals surface area (Å²) in [5, 5.41) is 20.7. The van der Waals surface area contributed by atoms with Crippen LogP contribution in [0.25, 0.3) is 11.5 Å². The molecule has 1 heterocycles. The summed E-state index contributed by atoms with van der Waals surface area (Å²) in [4.78, 5) is 22.2. The van der Waals surface area contributed by atoms with Gasteiger partial charge in [-0.25, -0.2) is 0 Å². The molecule has 0 radical (unpaired) electrons. The van der Waals surface area contributed by atoms with E-state index in [-0.39, 0.29) is 28.2 Å². The van der Waals surface area contributed by atoms with Crippen LogP contribution in [0.15, 0.2) is 58.2 Å². The van der Waals surface area contributed by atoms with Crippen molar-refractivity contribution in [2.24, 2.45) is 0 Å². The van der Waals surface area contributed by atoms with Crippen LogP contribution in [0.4, 0.5) is 24.5 Å². The van der Waals surface area contributed by atoms with E-state index in [1.165, 1.54) is 30.3 Å². The number of anilines is 1. The summed E-state index contributed by atoms with van der Waals surface area (Å²) >= 11 is 0.875. The van der Waals surface area contributed by atoms with Gasteiger partial charge in [-0.2, -0.15) is 13.2 Å². The molecule has 3 rings (SSSR count). The van der Waals surface area contributed by atoms with Crippen LogP contribution in [0.5, 0.6) is 0 Å². The highest BCUT2D eigenvalue weighted by Gasteiger charge is 2.30. The summed E-state index contributed by atoms with van der Waals surface area (Å²) in [6, 6.07) is 9.85. The first-order valence-electron chi connectivity index (χ1n) is 7.90. The largest absolute Gasteiger partial charge is 0.416 e. The van der Waals surface area contributed by atoms with E-state index in [1.807, 2.05) is 0 Å². The maximum absolute atomic E-state index is 12.7. The number of amides is 1. The molecule has 2 aromatic carbocycles.